The van der Waals surface area contributed by atoms with E-state index >= 15 is 0 Å². The highest BCUT2D eigenvalue weighted by Crippen LogP contribution is 2.19. The smallest absolute Gasteiger partial charge is 0.326 e. The number of aromatic nitrogens is 2. The van der Waals surface area contributed by atoms with Crippen LogP contribution in [0.4, 0.5) is 4.39 Å². The molecule has 0 aliphatic rings. The van der Waals surface area contributed by atoms with Gasteiger partial charge in [0.25, 0.3) is 0 Å². The summed E-state index contributed by atoms with van der Waals surface area (Å²) in [6.45, 7) is 1.65. The molecular formula is C10H10FN3O2. The molecule has 2 rings (SSSR count). The molecule has 0 aromatic carbocycles. The lowest BCUT2D eigenvalue weighted by Gasteiger charge is -2.03. The summed E-state index contributed by atoms with van der Waals surface area (Å²) in [5.74, 6) is -1.69. The van der Waals surface area contributed by atoms with E-state index in [4.69, 9.17) is 10.8 Å². The molecule has 2 aromatic rings. The van der Waals surface area contributed by atoms with Gasteiger partial charge in [-0.05, 0) is 19.1 Å². The number of nitrogens with zero attached hydrogens (tertiary/aromatic N) is 2. The molecule has 0 fully saturated rings. The molecule has 0 radical (unpaired) electrons. The molecule has 6 heteroatoms. The maximum atomic E-state index is 13.4. The number of rotatable bonds is 2. The first-order valence-electron chi connectivity index (χ1n) is 4.64. The van der Waals surface area contributed by atoms with E-state index in [0.29, 0.717) is 5.69 Å². The van der Waals surface area contributed by atoms with Crippen molar-refractivity contribution in [3.05, 3.63) is 35.5 Å². The molecule has 16 heavy (non-hydrogen) atoms. The topological polar surface area (TPSA) is 80.6 Å². The molecule has 0 bridgehead atoms. The number of pyridine rings is 1. The molecule has 84 valence electrons. The summed E-state index contributed by atoms with van der Waals surface area (Å²) in [6, 6.07) is 1.55. The van der Waals surface area contributed by atoms with Crippen LogP contribution in [-0.4, -0.2) is 20.5 Å². The van der Waals surface area contributed by atoms with Crippen molar-refractivity contribution in [2.24, 2.45) is 5.73 Å². The maximum Gasteiger partial charge on any atom is 0.326 e. The van der Waals surface area contributed by atoms with Gasteiger partial charge in [0.1, 0.15) is 6.04 Å². The number of carbonyl (C=O) groups is 1. The van der Waals surface area contributed by atoms with Gasteiger partial charge in [-0.15, -0.1) is 0 Å². The van der Waals surface area contributed by atoms with E-state index in [2.05, 4.69) is 4.98 Å². The second-order valence-corrected chi connectivity index (χ2v) is 3.45. The summed E-state index contributed by atoms with van der Waals surface area (Å²) < 4.78 is 14.9. The van der Waals surface area contributed by atoms with Gasteiger partial charge in [-0.1, -0.05) is 0 Å². The third kappa shape index (κ3) is 1.43. The summed E-state index contributed by atoms with van der Waals surface area (Å²) >= 11 is 0. The van der Waals surface area contributed by atoms with E-state index in [0.717, 1.165) is 0 Å². The van der Waals surface area contributed by atoms with Gasteiger partial charge in [0.2, 0.25) is 0 Å². The zero-order chi connectivity index (χ0) is 11.9. The molecule has 0 amide bonds. The normalized spacial score (nSPS) is 12.9. The second kappa shape index (κ2) is 3.57. The molecule has 0 saturated heterocycles. The third-order valence-electron chi connectivity index (χ3n) is 2.44. The largest absolute Gasteiger partial charge is 0.480 e. The fourth-order valence-electron chi connectivity index (χ4n) is 1.58. The lowest BCUT2D eigenvalue weighted by atomic mass is 10.2. The molecule has 1 unspecified atom stereocenters. The van der Waals surface area contributed by atoms with Crippen LogP contribution in [0.1, 0.15) is 17.4 Å². The number of fused-ring (bicyclic) bond motifs is 1. The van der Waals surface area contributed by atoms with Gasteiger partial charge < -0.3 is 15.2 Å². The van der Waals surface area contributed by atoms with E-state index in [1.54, 1.807) is 13.1 Å². The molecule has 1 atom stereocenters. The molecular weight excluding hydrogens is 213 g/mol. The van der Waals surface area contributed by atoms with Crippen LogP contribution in [0.5, 0.6) is 0 Å². The van der Waals surface area contributed by atoms with Crippen molar-refractivity contribution in [2.45, 2.75) is 13.0 Å². The fourth-order valence-corrected chi connectivity index (χ4v) is 1.58. The average Bonchev–Trinajstić information content (AvgIpc) is 2.57. The average molecular weight is 223 g/mol. The van der Waals surface area contributed by atoms with Gasteiger partial charge in [-0.2, -0.15) is 0 Å². The fraction of sp³-hybridized carbons (Fsp3) is 0.200. The predicted octanol–water partition coefficient (Wildman–Crippen LogP) is 0.866. The van der Waals surface area contributed by atoms with Crippen LogP contribution in [0.15, 0.2) is 18.3 Å². The van der Waals surface area contributed by atoms with Crippen LogP contribution in [0.3, 0.4) is 0 Å². The Morgan fingerprint density at radius 1 is 1.69 bits per heavy atom. The summed E-state index contributed by atoms with van der Waals surface area (Å²) in [6.07, 6.45) is 1.61. The number of aliphatic carboxylic acids is 1. The lowest BCUT2D eigenvalue weighted by molar-refractivity contribution is -0.138. The van der Waals surface area contributed by atoms with Crippen LogP contribution in [0, 0.1) is 12.7 Å². The summed E-state index contributed by atoms with van der Waals surface area (Å²) in [5.41, 5.74) is 6.25. The Labute approximate surface area is 90.3 Å². The van der Waals surface area contributed by atoms with Gasteiger partial charge in [-0.25, -0.2) is 9.37 Å². The van der Waals surface area contributed by atoms with Crippen LogP contribution in [0.2, 0.25) is 0 Å². The Hall–Kier alpha value is -1.95. The molecule has 0 aliphatic heterocycles. The van der Waals surface area contributed by atoms with Gasteiger partial charge in [0.05, 0.1) is 5.69 Å². The first-order valence-corrected chi connectivity index (χ1v) is 4.64. The molecule has 0 saturated carbocycles. The van der Waals surface area contributed by atoms with Crippen molar-refractivity contribution in [1.82, 2.24) is 9.38 Å². The van der Waals surface area contributed by atoms with Crippen LogP contribution < -0.4 is 5.73 Å². The number of carboxylic acid groups (broad SMARTS) is 1. The van der Waals surface area contributed by atoms with Crippen molar-refractivity contribution in [2.75, 3.05) is 0 Å². The predicted molar refractivity (Wildman–Crippen MR) is 54.5 cm³/mol. The lowest BCUT2D eigenvalue weighted by Crippen LogP contribution is -2.21. The van der Waals surface area contributed by atoms with E-state index in [9.17, 15) is 9.18 Å². The zero-order valence-corrected chi connectivity index (χ0v) is 8.51. The zero-order valence-electron chi connectivity index (χ0n) is 8.51. The monoisotopic (exact) mass is 223 g/mol. The van der Waals surface area contributed by atoms with Crippen molar-refractivity contribution < 1.29 is 14.3 Å². The maximum absolute atomic E-state index is 13.4. The van der Waals surface area contributed by atoms with Gasteiger partial charge in [0, 0.05) is 11.9 Å². The van der Waals surface area contributed by atoms with E-state index < -0.39 is 17.8 Å². The van der Waals surface area contributed by atoms with Gasteiger partial charge in [0.15, 0.2) is 11.5 Å². The minimum atomic E-state index is -1.24. The Kier molecular flexibility index (Phi) is 2.35. The van der Waals surface area contributed by atoms with E-state index in [-0.39, 0.29) is 11.3 Å². The number of aryl methyl sites for hydroxylation is 1. The Bertz CT molecular complexity index is 564. The van der Waals surface area contributed by atoms with Crippen molar-refractivity contribution in [1.29, 1.82) is 0 Å². The van der Waals surface area contributed by atoms with E-state index in [1.165, 1.54) is 16.5 Å². The highest BCUT2D eigenvalue weighted by atomic mass is 19.1. The van der Waals surface area contributed by atoms with Crippen LogP contribution in [-0.2, 0) is 4.79 Å². The molecule has 0 spiro atoms. The first kappa shape index (κ1) is 10.6. The quantitative estimate of drug-likeness (QED) is 0.791. The summed E-state index contributed by atoms with van der Waals surface area (Å²) in [7, 11) is 0. The third-order valence-corrected chi connectivity index (χ3v) is 2.44. The Balaban J connectivity index is 2.69. The van der Waals surface area contributed by atoms with Crippen LogP contribution in [0.25, 0.3) is 5.65 Å². The number of hydrogen-bond acceptors (Lipinski definition) is 3. The minimum absolute atomic E-state index is 0.0895. The summed E-state index contributed by atoms with van der Waals surface area (Å²) in [5, 5.41) is 8.79. The Morgan fingerprint density at radius 2 is 2.38 bits per heavy atom. The first-order chi connectivity index (χ1) is 7.52. The standard InChI is InChI=1S/C10H10FN3O2/c1-5-8(7(12)10(15)16)13-9-6(11)3-2-4-14(5)9/h2-4,7H,12H2,1H3,(H,15,16). The molecule has 0 aliphatic carbocycles. The number of imidazole rings is 1. The number of carboxylic acids is 1. The minimum Gasteiger partial charge on any atom is -0.480 e. The molecule has 2 heterocycles. The molecule has 5 nitrogen and oxygen atoms in total. The highest BCUT2D eigenvalue weighted by Gasteiger charge is 2.22. The van der Waals surface area contributed by atoms with Crippen molar-refractivity contribution >= 4 is 11.6 Å². The van der Waals surface area contributed by atoms with Crippen LogP contribution >= 0.6 is 0 Å². The van der Waals surface area contributed by atoms with Gasteiger partial charge in [-0.3, -0.25) is 4.79 Å². The van der Waals surface area contributed by atoms with Crippen molar-refractivity contribution in [3.63, 3.8) is 0 Å². The highest BCUT2D eigenvalue weighted by molar-refractivity contribution is 5.75. The van der Waals surface area contributed by atoms with Gasteiger partial charge >= 0.3 is 5.97 Å². The van der Waals surface area contributed by atoms with Crippen molar-refractivity contribution in [3.8, 4) is 0 Å². The number of halogens is 1. The van der Waals surface area contributed by atoms with E-state index in [1.807, 2.05) is 0 Å². The number of nitrogens with two attached hydrogens (primary N) is 1. The second-order valence-electron chi connectivity index (χ2n) is 3.45. The summed E-state index contributed by atoms with van der Waals surface area (Å²) in [4.78, 5) is 14.7. The Morgan fingerprint density at radius 3 is 2.94 bits per heavy atom. The number of hydrogen-bond donors (Lipinski definition) is 2. The molecule has 2 aromatic heterocycles. The SMILES string of the molecule is Cc1c(C(N)C(=O)O)nc2c(F)cccn12. The molecule has 3 N–H and O–H groups in total.